The van der Waals surface area contributed by atoms with Gasteiger partial charge in [0, 0.05) is 19.6 Å². The van der Waals surface area contributed by atoms with Gasteiger partial charge in [0.2, 0.25) is 10.0 Å². The van der Waals surface area contributed by atoms with Crippen molar-refractivity contribution in [1.29, 1.82) is 0 Å². The molecular formula is C13H18N2O4S. The Kier molecular flexibility index (Phi) is 4.74. The molecule has 110 valence electrons. The zero-order valence-corrected chi connectivity index (χ0v) is 11.9. The van der Waals surface area contributed by atoms with E-state index < -0.39 is 16.0 Å². The highest BCUT2D eigenvalue weighted by molar-refractivity contribution is 7.89. The fourth-order valence-corrected chi connectivity index (χ4v) is 3.64. The molecule has 0 amide bonds. The molecule has 20 heavy (non-hydrogen) atoms. The van der Waals surface area contributed by atoms with Crippen LogP contribution >= 0.6 is 0 Å². The molecule has 2 rings (SSSR count). The largest absolute Gasteiger partial charge is 0.481 e. The van der Waals surface area contributed by atoms with E-state index in [4.69, 9.17) is 5.11 Å². The fraction of sp³-hybridized carbons (Fsp3) is 0.462. The molecule has 7 heteroatoms. The van der Waals surface area contributed by atoms with Gasteiger partial charge in [-0.3, -0.25) is 4.79 Å². The van der Waals surface area contributed by atoms with Crippen LogP contribution in [0.25, 0.3) is 0 Å². The maximum absolute atomic E-state index is 12.5. The van der Waals surface area contributed by atoms with E-state index in [0.29, 0.717) is 25.2 Å². The highest BCUT2D eigenvalue weighted by atomic mass is 32.2. The number of sulfonamides is 1. The predicted octanol–water partition coefficient (Wildman–Crippen LogP) is 0.298. The molecule has 0 radical (unpaired) electrons. The molecule has 1 aromatic carbocycles. The van der Waals surface area contributed by atoms with Crippen molar-refractivity contribution < 1.29 is 18.3 Å². The zero-order chi connectivity index (χ0) is 14.6. The van der Waals surface area contributed by atoms with Gasteiger partial charge in [-0.05, 0) is 30.7 Å². The first kappa shape index (κ1) is 15.0. The third-order valence-electron chi connectivity index (χ3n) is 3.22. The lowest BCUT2D eigenvalue weighted by atomic mass is 10.2. The van der Waals surface area contributed by atoms with Crippen molar-refractivity contribution in [3.8, 4) is 0 Å². The minimum atomic E-state index is -3.48. The highest BCUT2D eigenvalue weighted by Crippen LogP contribution is 2.17. The summed E-state index contributed by atoms with van der Waals surface area (Å²) in [5, 5.41) is 11.9. The molecule has 0 aromatic heterocycles. The Balaban J connectivity index is 2.18. The highest BCUT2D eigenvalue weighted by Gasteiger charge is 2.24. The van der Waals surface area contributed by atoms with Crippen molar-refractivity contribution in [2.75, 3.05) is 26.2 Å². The van der Waals surface area contributed by atoms with E-state index >= 15 is 0 Å². The number of hydrogen-bond acceptors (Lipinski definition) is 4. The average molecular weight is 298 g/mol. The van der Waals surface area contributed by atoms with E-state index in [1.807, 2.05) is 0 Å². The molecular weight excluding hydrogens is 280 g/mol. The van der Waals surface area contributed by atoms with Crippen LogP contribution in [0.5, 0.6) is 0 Å². The van der Waals surface area contributed by atoms with E-state index in [9.17, 15) is 13.2 Å². The Morgan fingerprint density at radius 1 is 1.20 bits per heavy atom. The molecule has 0 aliphatic carbocycles. The maximum atomic E-state index is 12.5. The normalized spacial score (nSPS) is 17.6. The summed E-state index contributed by atoms with van der Waals surface area (Å²) >= 11 is 0. The number of rotatable bonds is 4. The first-order valence-electron chi connectivity index (χ1n) is 6.52. The van der Waals surface area contributed by atoms with Gasteiger partial charge in [0.05, 0.1) is 11.3 Å². The molecule has 1 fully saturated rings. The van der Waals surface area contributed by atoms with Crippen molar-refractivity contribution in [2.45, 2.75) is 17.7 Å². The van der Waals surface area contributed by atoms with Gasteiger partial charge < -0.3 is 10.4 Å². The van der Waals surface area contributed by atoms with Gasteiger partial charge in [-0.25, -0.2) is 8.42 Å². The fourth-order valence-electron chi connectivity index (χ4n) is 2.16. The molecule has 1 aliphatic heterocycles. The smallest absolute Gasteiger partial charge is 0.307 e. The number of benzene rings is 1. The van der Waals surface area contributed by atoms with Gasteiger partial charge in [-0.1, -0.05) is 12.1 Å². The van der Waals surface area contributed by atoms with Gasteiger partial charge in [0.1, 0.15) is 0 Å². The summed E-state index contributed by atoms with van der Waals surface area (Å²) in [7, 11) is -3.48. The van der Waals surface area contributed by atoms with Crippen LogP contribution in [0.4, 0.5) is 0 Å². The van der Waals surface area contributed by atoms with Gasteiger partial charge >= 0.3 is 5.97 Å². The third kappa shape index (κ3) is 3.56. The van der Waals surface area contributed by atoms with E-state index in [-0.39, 0.29) is 11.3 Å². The second-order valence-corrected chi connectivity index (χ2v) is 6.66. The van der Waals surface area contributed by atoms with E-state index in [0.717, 1.165) is 13.0 Å². The standard InChI is InChI=1S/C13H18N2O4S/c16-13(17)10-11-2-4-12(5-3-11)20(18,19)15-8-1-6-14-7-9-15/h2-5,14H,1,6-10H2,(H,16,17). The first-order valence-corrected chi connectivity index (χ1v) is 7.96. The quantitative estimate of drug-likeness (QED) is 0.835. The summed E-state index contributed by atoms with van der Waals surface area (Å²) in [6.07, 6.45) is 0.685. The summed E-state index contributed by atoms with van der Waals surface area (Å²) in [5.74, 6) is -0.931. The zero-order valence-electron chi connectivity index (χ0n) is 11.1. The number of carboxylic acid groups (broad SMARTS) is 1. The van der Waals surface area contributed by atoms with Crippen LogP contribution in [0.2, 0.25) is 0 Å². The average Bonchev–Trinajstić information content (AvgIpc) is 2.68. The topological polar surface area (TPSA) is 86.7 Å². The molecule has 1 aromatic rings. The molecule has 0 unspecified atom stereocenters. The Bertz CT molecular complexity index is 561. The predicted molar refractivity (Wildman–Crippen MR) is 74.0 cm³/mol. The summed E-state index contributed by atoms with van der Waals surface area (Å²) in [6.45, 7) is 2.44. The molecule has 0 saturated carbocycles. The van der Waals surface area contributed by atoms with Crippen LogP contribution < -0.4 is 5.32 Å². The Labute approximate surface area is 118 Å². The van der Waals surface area contributed by atoms with Crippen LogP contribution in [0, 0.1) is 0 Å². The second kappa shape index (κ2) is 6.34. The second-order valence-electron chi connectivity index (χ2n) is 4.72. The van der Waals surface area contributed by atoms with Gasteiger partial charge in [0.25, 0.3) is 0 Å². The Morgan fingerprint density at radius 2 is 1.90 bits per heavy atom. The summed E-state index contributed by atoms with van der Waals surface area (Å²) in [4.78, 5) is 10.8. The first-order chi connectivity index (χ1) is 9.50. The van der Waals surface area contributed by atoms with Crippen LogP contribution in [-0.2, 0) is 21.2 Å². The Morgan fingerprint density at radius 3 is 2.55 bits per heavy atom. The molecule has 1 heterocycles. The summed E-state index contributed by atoms with van der Waals surface area (Å²) < 4.78 is 26.4. The molecule has 1 aliphatic rings. The lowest BCUT2D eigenvalue weighted by Gasteiger charge is -2.19. The van der Waals surface area contributed by atoms with Crippen molar-refractivity contribution >= 4 is 16.0 Å². The minimum absolute atomic E-state index is 0.103. The van der Waals surface area contributed by atoms with Crippen molar-refractivity contribution in [2.24, 2.45) is 0 Å². The monoisotopic (exact) mass is 298 g/mol. The molecule has 2 N–H and O–H groups in total. The van der Waals surface area contributed by atoms with Crippen molar-refractivity contribution in [3.63, 3.8) is 0 Å². The van der Waals surface area contributed by atoms with E-state index in [1.54, 1.807) is 12.1 Å². The lowest BCUT2D eigenvalue weighted by molar-refractivity contribution is -0.136. The van der Waals surface area contributed by atoms with Gasteiger partial charge in [-0.15, -0.1) is 0 Å². The minimum Gasteiger partial charge on any atom is -0.481 e. The molecule has 0 atom stereocenters. The number of hydrogen-bond donors (Lipinski definition) is 2. The number of carboxylic acids is 1. The number of carbonyl (C=O) groups is 1. The van der Waals surface area contributed by atoms with Crippen LogP contribution in [0.1, 0.15) is 12.0 Å². The third-order valence-corrected chi connectivity index (χ3v) is 5.13. The van der Waals surface area contributed by atoms with E-state index in [2.05, 4.69) is 5.32 Å². The molecule has 0 spiro atoms. The van der Waals surface area contributed by atoms with Crippen LogP contribution in [0.15, 0.2) is 29.2 Å². The summed E-state index contributed by atoms with van der Waals surface area (Å²) in [6, 6.07) is 6.06. The van der Waals surface area contributed by atoms with Crippen molar-refractivity contribution in [1.82, 2.24) is 9.62 Å². The van der Waals surface area contributed by atoms with Gasteiger partial charge in [-0.2, -0.15) is 4.31 Å². The number of nitrogens with one attached hydrogen (secondary N) is 1. The van der Waals surface area contributed by atoms with Gasteiger partial charge in [0.15, 0.2) is 0 Å². The molecule has 0 bridgehead atoms. The number of nitrogens with zero attached hydrogens (tertiary/aromatic N) is 1. The Hall–Kier alpha value is -1.44. The van der Waals surface area contributed by atoms with E-state index in [1.165, 1.54) is 16.4 Å². The SMILES string of the molecule is O=C(O)Cc1ccc(S(=O)(=O)N2CCCNCC2)cc1. The van der Waals surface area contributed by atoms with Crippen molar-refractivity contribution in [3.05, 3.63) is 29.8 Å². The number of aliphatic carboxylic acids is 1. The summed E-state index contributed by atoms with van der Waals surface area (Å²) in [5.41, 5.74) is 0.592. The van der Waals surface area contributed by atoms with Crippen LogP contribution in [0.3, 0.4) is 0 Å². The lowest BCUT2D eigenvalue weighted by Crippen LogP contribution is -2.34. The molecule has 6 nitrogen and oxygen atoms in total. The molecule has 1 saturated heterocycles. The maximum Gasteiger partial charge on any atom is 0.307 e. The van der Waals surface area contributed by atoms with Crippen LogP contribution in [-0.4, -0.2) is 50.0 Å².